The van der Waals surface area contributed by atoms with Crippen molar-refractivity contribution in [3.8, 4) is 17.0 Å². The number of anilines is 4. The van der Waals surface area contributed by atoms with Gasteiger partial charge in [-0.3, -0.25) is 4.79 Å². The molecule has 0 radical (unpaired) electrons. The third-order valence-electron chi connectivity index (χ3n) is 12.6. The van der Waals surface area contributed by atoms with Crippen molar-refractivity contribution in [3.05, 3.63) is 60.1 Å². The molecule has 298 valence electrons. The van der Waals surface area contributed by atoms with Gasteiger partial charge in [0, 0.05) is 62.3 Å². The van der Waals surface area contributed by atoms with E-state index in [2.05, 4.69) is 47.3 Å². The number of fused-ring (bicyclic) bond motifs is 2. The Labute approximate surface area is 329 Å². The standard InChI is InChI=1S/C42H56N10O4/c1-4-55-41(54)39(27(2)3)37-22-38(48-56-37)50-19-12-28(13-20-50)11-16-49-17-14-29(15-18-49)30-23-44-42(45-24-30)52-31-9-10-32(52)26-51(25-31)35-21-34(46-47-40(35)43)33-7-5-6-8-36(33)53/h5-8,21-24,27-29,31-32,39,53H,4,9-20,25-26H2,1-3H3,(H2,43,47). The number of hydrogen-bond acceptors (Lipinski definition) is 14. The number of phenolic OH excluding ortho intramolecular Hbond substituents is 1. The van der Waals surface area contributed by atoms with E-state index in [9.17, 15) is 9.90 Å². The number of phenols is 1. The van der Waals surface area contributed by atoms with Crippen LogP contribution in [-0.2, 0) is 9.53 Å². The number of carbonyl (C=O) groups is 1. The van der Waals surface area contributed by atoms with Crippen molar-refractivity contribution in [1.82, 2.24) is 30.2 Å². The molecule has 4 fully saturated rings. The second kappa shape index (κ2) is 16.6. The van der Waals surface area contributed by atoms with Crippen molar-refractivity contribution in [1.29, 1.82) is 0 Å². The molecule has 3 aromatic heterocycles. The summed E-state index contributed by atoms with van der Waals surface area (Å²) in [5.41, 5.74) is 9.71. The van der Waals surface area contributed by atoms with Crippen LogP contribution < -0.4 is 20.4 Å². The largest absolute Gasteiger partial charge is 0.507 e. The number of ether oxygens (including phenoxy) is 1. The van der Waals surface area contributed by atoms with Crippen LogP contribution in [0, 0.1) is 11.8 Å². The first-order valence-electron chi connectivity index (χ1n) is 20.6. The summed E-state index contributed by atoms with van der Waals surface area (Å²) < 4.78 is 11.0. The molecule has 14 nitrogen and oxygen atoms in total. The zero-order chi connectivity index (χ0) is 38.8. The van der Waals surface area contributed by atoms with Gasteiger partial charge in [0.2, 0.25) is 5.95 Å². The van der Waals surface area contributed by atoms with Crippen molar-refractivity contribution in [2.24, 2.45) is 11.8 Å². The zero-order valence-electron chi connectivity index (χ0n) is 33.0. The first kappa shape index (κ1) is 37.9. The monoisotopic (exact) mass is 764 g/mol. The van der Waals surface area contributed by atoms with E-state index in [4.69, 9.17) is 25.0 Å². The molecule has 1 aromatic carbocycles. The minimum Gasteiger partial charge on any atom is -0.507 e. The summed E-state index contributed by atoms with van der Waals surface area (Å²) in [6.07, 6.45) is 12.1. The maximum atomic E-state index is 12.5. The first-order chi connectivity index (χ1) is 27.2. The van der Waals surface area contributed by atoms with Crippen LogP contribution in [0.4, 0.5) is 23.3 Å². The predicted molar refractivity (Wildman–Crippen MR) is 216 cm³/mol. The number of carbonyl (C=O) groups excluding carboxylic acids is 1. The summed E-state index contributed by atoms with van der Waals surface area (Å²) in [7, 11) is 0. The van der Waals surface area contributed by atoms with Crippen molar-refractivity contribution < 1.29 is 19.2 Å². The fraction of sp³-hybridized carbons (Fsp3) is 0.571. The SMILES string of the molecule is CCOC(=O)C(c1cc(N2CCC(CCN3CCC(c4cnc(N5C6CCC5CN(c5cc(-c7ccccc7O)nnc5N)C6)nc4)CC3)CC2)no1)C(C)C. The lowest BCUT2D eigenvalue weighted by Gasteiger charge is -2.42. The van der Waals surface area contributed by atoms with E-state index < -0.39 is 5.92 Å². The fourth-order valence-corrected chi connectivity index (χ4v) is 9.40. The van der Waals surface area contributed by atoms with Crippen molar-refractivity contribution >= 4 is 29.2 Å². The van der Waals surface area contributed by atoms with Gasteiger partial charge < -0.3 is 39.7 Å². The first-order valence-corrected chi connectivity index (χ1v) is 20.6. The summed E-state index contributed by atoms with van der Waals surface area (Å²) in [5.74, 6) is 3.40. The highest BCUT2D eigenvalue weighted by molar-refractivity contribution is 5.78. The maximum absolute atomic E-state index is 12.5. The molecule has 8 rings (SSSR count). The Morgan fingerprint density at radius 3 is 2.34 bits per heavy atom. The van der Waals surface area contributed by atoms with Crippen LogP contribution in [0.2, 0.25) is 0 Å². The predicted octanol–water partition coefficient (Wildman–Crippen LogP) is 5.86. The molecule has 14 heteroatoms. The van der Waals surface area contributed by atoms with Crippen LogP contribution in [-0.4, -0.2) is 106 Å². The molecular formula is C42H56N10O4. The minimum atomic E-state index is -0.432. The molecular weight excluding hydrogens is 709 g/mol. The highest BCUT2D eigenvalue weighted by Gasteiger charge is 2.42. The second-order valence-electron chi connectivity index (χ2n) is 16.4. The van der Waals surface area contributed by atoms with Crippen LogP contribution in [0.25, 0.3) is 11.3 Å². The highest BCUT2D eigenvalue weighted by atomic mass is 16.5. The lowest BCUT2D eigenvalue weighted by Crippen LogP contribution is -2.54. The molecule has 2 bridgehead atoms. The van der Waals surface area contributed by atoms with Gasteiger partial charge >= 0.3 is 5.97 Å². The average molecular weight is 765 g/mol. The van der Waals surface area contributed by atoms with Gasteiger partial charge in [-0.15, -0.1) is 10.2 Å². The van der Waals surface area contributed by atoms with Crippen LogP contribution in [0.15, 0.2) is 53.3 Å². The fourth-order valence-electron chi connectivity index (χ4n) is 9.40. The molecule has 4 aliphatic heterocycles. The van der Waals surface area contributed by atoms with E-state index in [1.54, 1.807) is 12.1 Å². The van der Waals surface area contributed by atoms with E-state index in [0.29, 0.717) is 41.3 Å². The van der Waals surface area contributed by atoms with E-state index >= 15 is 0 Å². The number of nitrogen functional groups attached to an aromatic ring is 1. The molecule has 0 aliphatic carbocycles. The molecule has 3 unspecified atom stereocenters. The van der Waals surface area contributed by atoms with Gasteiger partial charge in [0.05, 0.1) is 18.0 Å². The van der Waals surface area contributed by atoms with Gasteiger partial charge in [-0.1, -0.05) is 31.1 Å². The third-order valence-corrected chi connectivity index (χ3v) is 12.6. The topological polar surface area (TPSA) is 163 Å². The quantitative estimate of drug-likeness (QED) is 0.165. The molecule has 3 atom stereocenters. The maximum Gasteiger partial charge on any atom is 0.317 e. The molecule has 4 aliphatic rings. The molecule has 4 aromatic rings. The molecule has 4 saturated heterocycles. The zero-order valence-corrected chi connectivity index (χ0v) is 33.0. The second-order valence-corrected chi connectivity index (χ2v) is 16.4. The molecule has 7 heterocycles. The third kappa shape index (κ3) is 7.98. The summed E-state index contributed by atoms with van der Waals surface area (Å²) in [6.45, 7) is 13.1. The smallest absolute Gasteiger partial charge is 0.317 e. The Morgan fingerprint density at radius 2 is 1.66 bits per heavy atom. The Bertz CT molecular complexity index is 1930. The number of para-hydroxylation sites is 1. The van der Waals surface area contributed by atoms with Crippen LogP contribution >= 0.6 is 0 Å². The summed E-state index contributed by atoms with van der Waals surface area (Å²) >= 11 is 0. The summed E-state index contributed by atoms with van der Waals surface area (Å²) in [4.78, 5) is 32.1. The lowest BCUT2D eigenvalue weighted by atomic mass is 9.90. The molecule has 0 amide bonds. The van der Waals surface area contributed by atoms with Gasteiger partial charge in [-0.05, 0) is 113 Å². The number of rotatable bonds is 12. The van der Waals surface area contributed by atoms with Gasteiger partial charge in [0.15, 0.2) is 17.4 Å². The number of nitrogens with two attached hydrogens (primary N) is 1. The van der Waals surface area contributed by atoms with Crippen molar-refractivity contribution in [3.63, 3.8) is 0 Å². The number of nitrogens with zero attached hydrogens (tertiary/aromatic N) is 9. The van der Waals surface area contributed by atoms with E-state index in [-0.39, 0.29) is 29.7 Å². The highest BCUT2D eigenvalue weighted by Crippen LogP contribution is 2.39. The van der Waals surface area contributed by atoms with E-state index in [1.807, 2.05) is 45.0 Å². The van der Waals surface area contributed by atoms with Gasteiger partial charge in [-0.2, -0.15) is 0 Å². The average Bonchev–Trinajstić information content (AvgIpc) is 3.79. The number of likely N-dealkylation sites (tertiary alicyclic amines) is 1. The van der Waals surface area contributed by atoms with Crippen molar-refractivity contribution in [2.45, 2.75) is 89.6 Å². The number of aromatic nitrogens is 5. The lowest BCUT2D eigenvalue weighted by molar-refractivity contribution is -0.146. The Balaban J connectivity index is 0.791. The van der Waals surface area contributed by atoms with E-state index in [0.717, 1.165) is 102 Å². The minimum absolute atomic E-state index is 0.0698. The molecule has 3 N–H and O–H groups in total. The normalized spacial score (nSPS) is 21.5. The number of hydrogen-bond donors (Lipinski definition) is 2. The number of aromatic hydroxyl groups is 1. The van der Waals surface area contributed by atoms with Crippen molar-refractivity contribution in [2.75, 3.05) is 72.9 Å². The van der Waals surface area contributed by atoms with Crippen LogP contribution in [0.3, 0.4) is 0 Å². The van der Waals surface area contributed by atoms with Crippen LogP contribution in [0.1, 0.15) is 88.9 Å². The Hall–Kier alpha value is -4.98. The van der Waals surface area contributed by atoms with Crippen LogP contribution in [0.5, 0.6) is 5.75 Å². The number of piperidine rings is 2. The summed E-state index contributed by atoms with van der Waals surface area (Å²) in [5, 5.41) is 23.3. The Kier molecular flexibility index (Phi) is 11.3. The van der Waals surface area contributed by atoms with E-state index in [1.165, 1.54) is 12.0 Å². The Morgan fingerprint density at radius 1 is 0.946 bits per heavy atom. The number of piperazine rings is 1. The number of esters is 1. The number of benzene rings is 1. The summed E-state index contributed by atoms with van der Waals surface area (Å²) in [6, 6.07) is 11.6. The van der Waals surface area contributed by atoms with Gasteiger partial charge in [-0.25, -0.2) is 9.97 Å². The van der Waals surface area contributed by atoms with Gasteiger partial charge in [0.1, 0.15) is 11.7 Å². The molecule has 56 heavy (non-hydrogen) atoms. The van der Waals surface area contributed by atoms with Gasteiger partial charge in [0.25, 0.3) is 0 Å². The molecule has 0 saturated carbocycles. The molecule has 0 spiro atoms.